The standard InChI is InChI=1S/C12H25N3O2/c1-9(2)6-11(8-13)7-12(17)15-5-4-14-10(3)16/h9,11H,4-8,13H2,1-3H3,(H,14,16)(H,15,17)/t11-/m0/s1. The minimum atomic E-state index is -0.0844. The Labute approximate surface area is 104 Å². The highest BCUT2D eigenvalue weighted by Crippen LogP contribution is 2.13. The van der Waals surface area contributed by atoms with Crippen molar-refractivity contribution < 1.29 is 9.59 Å². The summed E-state index contributed by atoms with van der Waals surface area (Å²) in [6.07, 6.45) is 1.43. The number of rotatable bonds is 8. The molecule has 0 saturated carbocycles. The van der Waals surface area contributed by atoms with Crippen LogP contribution in [0.1, 0.15) is 33.6 Å². The predicted octanol–water partition coefficient (Wildman–Crippen LogP) is 0.250. The zero-order valence-corrected chi connectivity index (χ0v) is 11.1. The first-order valence-corrected chi connectivity index (χ1v) is 6.16. The lowest BCUT2D eigenvalue weighted by atomic mass is 9.94. The van der Waals surface area contributed by atoms with Gasteiger partial charge in [-0.25, -0.2) is 0 Å². The lowest BCUT2D eigenvalue weighted by molar-refractivity contribution is -0.122. The van der Waals surface area contributed by atoms with Crippen molar-refractivity contribution in [2.45, 2.75) is 33.6 Å². The maximum atomic E-state index is 11.6. The molecule has 0 aliphatic carbocycles. The second-order valence-electron chi connectivity index (χ2n) is 4.77. The second kappa shape index (κ2) is 8.98. The molecule has 1 atom stereocenters. The molecule has 5 nitrogen and oxygen atoms in total. The van der Waals surface area contributed by atoms with Crippen LogP contribution in [0.3, 0.4) is 0 Å². The summed E-state index contributed by atoms with van der Waals surface area (Å²) in [5.41, 5.74) is 5.63. The Morgan fingerprint density at radius 3 is 2.24 bits per heavy atom. The molecule has 0 spiro atoms. The average Bonchev–Trinajstić information content (AvgIpc) is 2.22. The van der Waals surface area contributed by atoms with Crippen LogP contribution in [0, 0.1) is 11.8 Å². The maximum Gasteiger partial charge on any atom is 0.220 e. The number of nitrogens with one attached hydrogen (secondary N) is 2. The van der Waals surface area contributed by atoms with Gasteiger partial charge in [0.1, 0.15) is 0 Å². The van der Waals surface area contributed by atoms with Crippen molar-refractivity contribution in [1.29, 1.82) is 0 Å². The van der Waals surface area contributed by atoms with E-state index in [2.05, 4.69) is 24.5 Å². The van der Waals surface area contributed by atoms with Crippen LogP contribution in [0.5, 0.6) is 0 Å². The Kier molecular flexibility index (Phi) is 8.40. The third-order valence-corrected chi connectivity index (χ3v) is 2.43. The zero-order chi connectivity index (χ0) is 13.3. The molecule has 2 amide bonds. The SMILES string of the molecule is CC(=O)NCCNC(=O)C[C@@H](CN)CC(C)C. The van der Waals surface area contributed by atoms with Gasteiger partial charge in [-0.15, -0.1) is 0 Å². The van der Waals surface area contributed by atoms with Gasteiger partial charge in [-0.05, 0) is 24.8 Å². The number of carbonyl (C=O) groups is 2. The number of hydrogen-bond acceptors (Lipinski definition) is 3. The molecular formula is C12H25N3O2. The van der Waals surface area contributed by atoms with Crippen molar-refractivity contribution in [3.05, 3.63) is 0 Å². The van der Waals surface area contributed by atoms with Crippen molar-refractivity contribution in [2.75, 3.05) is 19.6 Å². The third kappa shape index (κ3) is 9.81. The van der Waals surface area contributed by atoms with Crippen LogP contribution in [0.15, 0.2) is 0 Å². The van der Waals surface area contributed by atoms with Crippen molar-refractivity contribution in [1.82, 2.24) is 10.6 Å². The quantitative estimate of drug-likeness (QED) is 0.534. The molecule has 0 aromatic rings. The monoisotopic (exact) mass is 243 g/mol. The summed E-state index contributed by atoms with van der Waals surface area (Å²) >= 11 is 0. The molecule has 17 heavy (non-hydrogen) atoms. The summed E-state index contributed by atoms with van der Waals surface area (Å²) in [6, 6.07) is 0. The molecule has 5 heteroatoms. The van der Waals surface area contributed by atoms with Gasteiger partial charge in [0.2, 0.25) is 11.8 Å². The van der Waals surface area contributed by atoms with Gasteiger partial charge in [0.05, 0.1) is 0 Å². The van der Waals surface area contributed by atoms with Crippen LogP contribution in [-0.2, 0) is 9.59 Å². The van der Waals surface area contributed by atoms with Gasteiger partial charge in [0.25, 0.3) is 0 Å². The molecule has 0 aliphatic heterocycles. The lowest BCUT2D eigenvalue weighted by Gasteiger charge is -2.16. The van der Waals surface area contributed by atoms with E-state index in [0.717, 1.165) is 6.42 Å². The van der Waals surface area contributed by atoms with Crippen LogP contribution < -0.4 is 16.4 Å². The zero-order valence-electron chi connectivity index (χ0n) is 11.1. The summed E-state index contributed by atoms with van der Waals surface area (Å²) < 4.78 is 0. The minimum absolute atomic E-state index is 0.00597. The second-order valence-corrected chi connectivity index (χ2v) is 4.77. The van der Waals surface area contributed by atoms with E-state index in [1.54, 1.807) is 0 Å². The molecule has 0 aliphatic rings. The fraction of sp³-hybridized carbons (Fsp3) is 0.833. The Bertz CT molecular complexity index is 242. The van der Waals surface area contributed by atoms with Crippen molar-refractivity contribution in [3.63, 3.8) is 0 Å². The molecule has 0 radical (unpaired) electrons. The Morgan fingerprint density at radius 2 is 1.76 bits per heavy atom. The van der Waals surface area contributed by atoms with E-state index in [-0.39, 0.29) is 17.7 Å². The number of hydrogen-bond donors (Lipinski definition) is 3. The molecule has 0 unspecified atom stereocenters. The first-order chi connectivity index (χ1) is 7.95. The van der Waals surface area contributed by atoms with Crippen LogP contribution in [0.25, 0.3) is 0 Å². The van der Waals surface area contributed by atoms with Gasteiger partial charge < -0.3 is 16.4 Å². The van der Waals surface area contributed by atoms with Gasteiger partial charge in [-0.2, -0.15) is 0 Å². The van der Waals surface area contributed by atoms with Crippen LogP contribution >= 0.6 is 0 Å². The van der Waals surface area contributed by atoms with Gasteiger partial charge in [0, 0.05) is 26.4 Å². The van der Waals surface area contributed by atoms with Gasteiger partial charge in [0.15, 0.2) is 0 Å². The summed E-state index contributed by atoms with van der Waals surface area (Å²) in [5, 5.41) is 5.39. The molecule has 0 aromatic carbocycles. The summed E-state index contributed by atoms with van der Waals surface area (Å²) in [5.74, 6) is 0.719. The van der Waals surface area contributed by atoms with Crippen molar-refractivity contribution in [3.8, 4) is 0 Å². The molecule has 0 fully saturated rings. The van der Waals surface area contributed by atoms with E-state index >= 15 is 0 Å². The van der Waals surface area contributed by atoms with Crippen LogP contribution in [0.2, 0.25) is 0 Å². The fourth-order valence-corrected chi connectivity index (χ4v) is 1.70. The number of nitrogens with two attached hydrogens (primary N) is 1. The highest BCUT2D eigenvalue weighted by atomic mass is 16.2. The van der Waals surface area contributed by atoms with E-state index in [1.807, 2.05) is 0 Å². The molecule has 0 rings (SSSR count). The van der Waals surface area contributed by atoms with Crippen LogP contribution in [-0.4, -0.2) is 31.4 Å². The number of amides is 2. The van der Waals surface area contributed by atoms with E-state index in [0.29, 0.717) is 32.0 Å². The van der Waals surface area contributed by atoms with E-state index < -0.39 is 0 Å². The fourth-order valence-electron chi connectivity index (χ4n) is 1.70. The molecule has 0 aromatic heterocycles. The summed E-state index contributed by atoms with van der Waals surface area (Å²) in [7, 11) is 0. The molecule has 100 valence electrons. The number of carbonyl (C=O) groups excluding carboxylic acids is 2. The van der Waals surface area contributed by atoms with E-state index in [1.165, 1.54) is 6.92 Å². The normalized spacial score (nSPS) is 12.3. The minimum Gasteiger partial charge on any atom is -0.355 e. The topological polar surface area (TPSA) is 84.2 Å². The van der Waals surface area contributed by atoms with E-state index in [4.69, 9.17) is 5.73 Å². The predicted molar refractivity (Wildman–Crippen MR) is 68.3 cm³/mol. The van der Waals surface area contributed by atoms with E-state index in [9.17, 15) is 9.59 Å². The Morgan fingerprint density at radius 1 is 1.18 bits per heavy atom. The average molecular weight is 243 g/mol. The maximum absolute atomic E-state index is 11.6. The smallest absolute Gasteiger partial charge is 0.220 e. The van der Waals surface area contributed by atoms with Gasteiger partial charge in [-0.1, -0.05) is 13.8 Å². The third-order valence-electron chi connectivity index (χ3n) is 2.43. The van der Waals surface area contributed by atoms with Gasteiger partial charge >= 0.3 is 0 Å². The molecule has 0 heterocycles. The molecule has 0 saturated heterocycles. The van der Waals surface area contributed by atoms with Crippen molar-refractivity contribution >= 4 is 11.8 Å². The molecule has 0 bridgehead atoms. The molecule has 4 N–H and O–H groups in total. The Hall–Kier alpha value is -1.10. The highest BCUT2D eigenvalue weighted by molar-refractivity contribution is 5.76. The lowest BCUT2D eigenvalue weighted by Crippen LogP contribution is -2.35. The summed E-state index contributed by atoms with van der Waals surface area (Å²) in [6.45, 7) is 7.18. The largest absolute Gasteiger partial charge is 0.355 e. The first-order valence-electron chi connectivity index (χ1n) is 6.16. The first kappa shape index (κ1) is 15.9. The van der Waals surface area contributed by atoms with Gasteiger partial charge in [-0.3, -0.25) is 9.59 Å². The summed E-state index contributed by atoms with van der Waals surface area (Å²) in [4.78, 5) is 22.2. The molecular weight excluding hydrogens is 218 g/mol. The van der Waals surface area contributed by atoms with Crippen molar-refractivity contribution in [2.24, 2.45) is 17.6 Å². The van der Waals surface area contributed by atoms with Crippen LogP contribution in [0.4, 0.5) is 0 Å². The Balaban J connectivity index is 3.71. The highest BCUT2D eigenvalue weighted by Gasteiger charge is 2.13.